The molecule has 0 aromatic carbocycles. The molecule has 1 aromatic rings. The Morgan fingerprint density at radius 3 is 2.53 bits per heavy atom. The zero-order chi connectivity index (χ0) is 14.6. The van der Waals surface area contributed by atoms with Gasteiger partial charge < -0.3 is 4.74 Å². The Labute approximate surface area is 123 Å². The van der Waals surface area contributed by atoms with Crippen molar-refractivity contribution in [1.82, 2.24) is 4.98 Å². The van der Waals surface area contributed by atoms with Crippen LogP contribution >= 0.6 is 15.9 Å². The zero-order valence-corrected chi connectivity index (χ0v) is 13.7. The lowest BCUT2D eigenvalue weighted by Crippen LogP contribution is -2.40. The Morgan fingerprint density at radius 2 is 2.11 bits per heavy atom. The summed E-state index contributed by atoms with van der Waals surface area (Å²) in [5, 5.41) is 0.704. The van der Waals surface area contributed by atoms with Gasteiger partial charge in [0.2, 0.25) is 5.91 Å². The number of nitrogens with zero attached hydrogens (tertiary/aromatic N) is 2. The van der Waals surface area contributed by atoms with E-state index in [0.717, 1.165) is 5.56 Å². The number of pyridine rings is 1. The molecule has 0 aliphatic carbocycles. The molecule has 106 valence electrons. The minimum absolute atomic E-state index is 0.0346. The third-order valence-electron chi connectivity index (χ3n) is 2.72. The summed E-state index contributed by atoms with van der Waals surface area (Å²) in [6, 6.07) is 1.90. The lowest BCUT2D eigenvalue weighted by Gasteiger charge is -2.28. The molecule has 1 rings (SSSR count). The second-order valence-electron chi connectivity index (χ2n) is 5.30. The Balaban J connectivity index is 3.22. The molecule has 1 amide bonds. The average molecular weight is 329 g/mol. The fourth-order valence-corrected chi connectivity index (χ4v) is 2.00. The van der Waals surface area contributed by atoms with Crippen LogP contribution in [0.2, 0.25) is 0 Å². The molecular formula is C14H21BrN2O2. The molecule has 0 unspecified atom stereocenters. The molecule has 0 N–H and O–H groups in total. The largest absolute Gasteiger partial charge is 0.493 e. The first-order valence-corrected chi connectivity index (χ1v) is 7.38. The number of aromatic nitrogens is 1. The maximum atomic E-state index is 12.4. The first kappa shape index (κ1) is 16.0. The number of rotatable bonds is 4. The van der Waals surface area contributed by atoms with Crippen LogP contribution in [0.15, 0.2) is 12.3 Å². The summed E-state index contributed by atoms with van der Waals surface area (Å²) >= 11 is 3.38. The molecule has 0 saturated heterocycles. The zero-order valence-electron chi connectivity index (χ0n) is 12.2. The van der Waals surface area contributed by atoms with E-state index in [4.69, 9.17) is 4.74 Å². The van der Waals surface area contributed by atoms with E-state index in [1.54, 1.807) is 18.2 Å². The van der Waals surface area contributed by atoms with Crippen LogP contribution in [0.25, 0.3) is 0 Å². The molecule has 0 aliphatic rings. The standard InChI is InChI=1S/C14H21BrN2O2/c1-6-17(13(18)14(2,3)4)12-11(19-5)7-10(8-15)9-16-12/h7,9H,6,8H2,1-5H3. The predicted molar refractivity (Wildman–Crippen MR) is 80.9 cm³/mol. The molecule has 0 atom stereocenters. The summed E-state index contributed by atoms with van der Waals surface area (Å²) in [7, 11) is 1.59. The molecule has 4 nitrogen and oxygen atoms in total. The van der Waals surface area contributed by atoms with Crippen LogP contribution in [0.1, 0.15) is 33.3 Å². The Hall–Kier alpha value is -1.10. The van der Waals surface area contributed by atoms with E-state index in [2.05, 4.69) is 20.9 Å². The maximum Gasteiger partial charge on any atom is 0.233 e. The van der Waals surface area contributed by atoms with Crippen molar-refractivity contribution in [2.24, 2.45) is 5.41 Å². The molecule has 0 fully saturated rings. The normalized spacial score (nSPS) is 11.3. The van der Waals surface area contributed by atoms with Crippen LogP contribution in [-0.4, -0.2) is 24.5 Å². The van der Waals surface area contributed by atoms with E-state index in [9.17, 15) is 4.79 Å². The smallest absolute Gasteiger partial charge is 0.233 e. The molecule has 0 spiro atoms. The lowest BCUT2D eigenvalue weighted by molar-refractivity contribution is -0.125. The second-order valence-corrected chi connectivity index (χ2v) is 5.86. The number of alkyl halides is 1. The van der Waals surface area contributed by atoms with Gasteiger partial charge in [0, 0.05) is 23.5 Å². The van der Waals surface area contributed by atoms with Crippen LogP contribution in [-0.2, 0) is 10.1 Å². The van der Waals surface area contributed by atoms with Crippen molar-refractivity contribution >= 4 is 27.7 Å². The van der Waals surface area contributed by atoms with Gasteiger partial charge in [0.15, 0.2) is 11.6 Å². The highest BCUT2D eigenvalue weighted by Gasteiger charge is 2.29. The van der Waals surface area contributed by atoms with Gasteiger partial charge in [-0.2, -0.15) is 0 Å². The number of methoxy groups -OCH3 is 1. The van der Waals surface area contributed by atoms with Gasteiger partial charge in [-0.25, -0.2) is 4.98 Å². The van der Waals surface area contributed by atoms with Crippen molar-refractivity contribution in [3.8, 4) is 5.75 Å². The van der Waals surface area contributed by atoms with E-state index in [1.165, 1.54) is 0 Å². The first-order chi connectivity index (χ1) is 8.85. The quantitative estimate of drug-likeness (QED) is 0.795. The monoisotopic (exact) mass is 328 g/mol. The molecule has 1 heterocycles. The molecule has 0 aliphatic heterocycles. The van der Waals surface area contributed by atoms with Gasteiger partial charge in [-0.05, 0) is 18.6 Å². The number of halogens is 1. The van der Waals surface area contributed by atoms with Crippen molar-refractivity contribution in [3.63, 3.8) is 0 Å². The fourth-order valence-electron chi connectivity index (χ4n) is 1.70. The topological polar surface area (TPSA) is 42.4 Å². The van der Waals surface area contributed by atoms with E-state index >= 15 is 0 Å². The second kappa shape index (κ2) is 6.37. The average Bonchev–Trinajstić information content (AvgIpc) is 2.38. The number of amides is 1. The van der Waals surface area contributed by atoms with Crippen molar-refractivity contribution < 1.29 is 9.53 Å². The molecule has 0 radical (unpaired) electrons. The van der Waals surface area contributed by atoms with Crippen molar-refractivity contribution in [3.05, 3.63) is 17.8 Å². The summed E-state index contributed by atoms with van der Waals surface area (Å²) in [6.07, 6.45) is 1.76. The van der Waals surface area contributed by atoms with Gasteiger partial charge in [-0.3, -0.25) is 9.69 Å². The third-order valence-corrected chi connectivity index (χ3v) is 3.37. The summed E-state index contributed by atoms with van der Waals surface area (Å²) in [6.45, 7) is 8.20. The van der Waals surface area contributed by atoms with Crippen molar-refractivity contribution in [1.29, 1.82) is 0 Å². The van der Waals surface area contributed by atoms with Gasteiger partial charge in [0.05, 0.1) is 7.11 Å². The number of hydrogen-bond donors (Lipinski definition) is 0. The van der Waals surface area contributed by atoms with Crippen LogP contribution in [0.3, 0.4) is 0 Å². The lowest BCUT2D eigenvalue weighted by atomic mass is 9.94. The van der Waals surface area contributed by atoms with E-state index in [1.807, 2.05) is 33.8 Å². The summed E-state index contributed by atoms with van der Waals surface area (Å²) in [5.41, 5.74) is 0.566. The highest BCUT2D eigenvalue weighted by Crippen LogP contribution is 2.30. The molecule has 19 heavy (non-hydrogen) atoms. The maximum absolute atomic E-state index is 12.4. The van der Waals surface area contributed by atoms with Gasteiger partial charge in [-0.15, -0.1) is 0 Å². The molecule has 0 bridgehead atoms. The van der Waals surface area contributed by atoms with Crippen molar-refractivity contribution in [2.45, 2.75) is 33.0 Å². The van der Waals surface area contributed by atoms with E-state index < -0.39 is 5.41 Å². The number of ether oxygens (including phenoxy) is 1. The number of anilines is 1. The van der Waals surface area contributed by atoms with Gasteiger partial charge in [0.25, 0.3) is 0 Å². The molecular weight excluding hydrogens is 308 g/mol. The van der Waals surface area contributed by atoms with E-state index in [0.29, 0.717) is 23.4 Å². The highest BCUT2D eigenvalue weighted by molar-refractivity contribution is 9.08. The van der Waals surface area contributed by atoms with Crippen LogP contribution in [0, 0.1) is 5.41 Å². The summed E-state index contributed by atoms with van der Waals surface area (Å²) in [5.74, 6) is 1.23. The SMILES string of the molecule is CCN(C(=O)C(C)(C)C)c1ncc(CBr)cc1OC. The summed E-state index contributed by atoms with van der Waals surface area (Å²) < 4.78 is 5.36. The third kappa shape index (κ3) is 3.69. The fraction of sp³-hybridized carbons (Fsp3) is 0.571. The predicted octanol–water partition coefficient (Wildman–Crippen LogP) is 3.38. The Kier molecular flexibility index (Phi) is 5.35. The Morgan fingerprint density at radius 1 is 1.47 bits per heavy atom. The minimum Gasteiger partial charge on any atom is -0.493 e. The summed E-state index contributed by atoms with van der Waals surface area (Å²) in [4.78, 5) is 18.5. The molecule has 5 heteroatoms. The van der Waals surface area contributed by atoms with Gasteiger partial charge in [0.1, 0.15) is 0 Å². The Bertz CT molecular complexity index is 455. The van der Waals surface area contributed by atoms with Gasteiger partial charge >= 0.3 is 0 Å². The minimum atomic E-state index is -0.448. The van der Waals surface area contributed by atoms with Crippen molar-refractivity contribution in [2.75, 3.05) is 18.6 Å². The van der Waals surface area contributed by atoms with Gasteiger partial charge in [-0.1, -0.05) is 36.7 Å². The highest BCUT2D eigenvalue weighted by atomic mass is 79.9. The first-order valence-electron chi connectivity index (χ1n) is 6.26. The molecule has 0 saturated carbocycles. The van der Waals surface area contributed by atoms with Crippen LogP contribution in [0.4, 0.5) is 5.82 Å². The molecule has 1 aromatic heterocycles. The number of carbonyl (C=O) groups excluding carboxylic acids is 1. The van der Waals surface area contributed by atoms with Crippen LogP contribution < -0.4 is 9.64 Å². The van der Waals surface area contributed by atoms with E-state index in [-0.39, 0.29) is 5.91 Å². The van der Waals surface area contributed by atoms with Crippen LogP contribution in [0.5, 0.6) is 5.75 Å². The number of carbonyl (C=O) groups is 1. The number of hydrogen-bond acceptors (Lipinski definition) is 3.